The van der Waals surface area contributed by atoms with Gasteiger partial charge in [-0.25, -0.2) is 0 Å². The van der Waals surface area contributed by atoms with Crippen molar-refractivity contribution >= 4 is 23.2 Å². The molecule has 1 aliphatic rings. The van der Waals surface area contributed by atoms with Crippen molar-refractivity contribution in [3.63, 3.8) is 0 Å². The third-order valence-electron chi connectivity index (χ3n) is 6.35. The van der Waals surface area contributed by atoms with Gasteiger partial charge in [0.25, 0.3) is 11.6 Å². The lowest BCUT2D eigenvalue weighted by Crippen LogP contribution is -2.48. The molecule has 4 aromatic rings. The van der Waals surface area contributed by atoms with Crippen LogP contribution in [-0.4, -0.2) is 46.8 Å². The smallest absolute Gasteiger partial charge is 0.276 e. The van der Waals surface area contributed by atoms with Crippen molar-refractivity contribution in [2.75, 3.05) is 26.2 Å². The summed E-state index contributed by atoms with van der Waals surface area (Å²) in [5.41, 5.74) is 1.64. The van der Waals surface area contributed by atoms with E-state index in [4.69, 9.17) is 21.1 Å². The predicted molar refractivity (Wildman–Crippen MR) is 149 cm³/mol. The molecule has 0 saturated carbocycles. The number of nitrogens with zero attached hydrogens (tertiary/aromatic N) is 3. The van der Waals surface area contributed by atoms with Crippen LogP contribution in [0.25, 0.3) is 0 Å². The van der Waals surface area contributed by atoms with Crippen molar-refractivity contribution in [1.82, 2.24) is 9.80 Å². The van der Waals surface area contributed by atoms with Gasteiger partial charge in [0.05, 0.1) is 17.1 Å². The van der Waals surface area contributed by atoms with E-state index in [9.17, 15) is 14.9 Å². The summed E-state index contributed by atoms with van der Waals surface area (Å²) in [6, 6.07) is 28.0. The normalized spacial score (nSPS) is 13.6. The Balaban J connectivity index is 1.22. The van der Waals surface area contributed by atoms with Gasteiger partial charge in [0.15, 0.2) is 0 Å². The number of hydrogen-bond donors (Lipinski definition) is 0. The van der Waals surface area contributed by atoms with E-state index in [0.29, 0.717) is 35.2 Å². The van der Waals surface area contributed by atoms with E-state index in [1.807, 2.05) is 23.1 Å². The fourth-order valence-electron chi connectivity index (χ4n) is 4.38. The molecule has 0 atom stereocenters. The Kier molecular flexibility index (Phi) is 8.05. The molecule has 0 aromatic heterocycles. The quantitative estimate of drug-likeness (QED) is 0.180. The molecule has 1 amide bonds. The summed E-state index contributed by atoms with van der Waals surface area (Å²) in [7, 11) is 0. The summed E-state index contributed by atoms with van der Waals surface area (Å²) in [4.78, 5) is 28.2. The highest BCUT2D eigenvalue weighted by atomic mass is 35.5. The van der Waals surface area contributed by atoms with Crippen LogP contribution < -0.4 is 9.47 Å². The second kappa shape index (κ2) is 12.0. The summed E-state index contributed by atoms with van der Waals surface area (Å²) in [6.45, 7) is 3.82. The van der Waals surface area contributed by atoms with E-state index >= 15 is 0 Å². The van der Waals surface area contributed by atoms with E-state index in [1.54, 1.807) is 54.6 Å². The zero-order valence-electron chi connectivity index (χ0n) is 21.0. The predicted octanol–water partition coefficient (Wildman–Crippen LogP) is 6.79. The first-order valence-electron chi connectivity index (χ1n) is 12.5. The number of amides is 1. The van der Waals surface area contributed by atoms with E-state index < -0.39 is 4.92 Å². The molecule has 9 heteroatoms. The van der Waals surface area contributed by atoms with Gasteiger partial charge in [-0.05, 0) is 48.0 Å². The van der Waals surface area contributed by atoms with Crippen LogP contribution in [0.4, 0.5) is 5.69 Å². The lowest BCUT2D eigenvalue weighted by atomic mass is 10.1. The lowest BCUT2D eigenvalue weighted by Gasteiger charge is -2.34. The van der Waals surface area contributed by atoms with Gasteiger partial charge in [-0.1, -0.05) is 48.0 Å². The molecule has 198 valence electrons. The molecule has 1 saturated heterocycles. The Hall–Kier alpha value is -4.40. The van der Waals surface area contributed by atoms with Crippen LogP contribution in [0, 0.1) is 10.1 Å². The van der Waals surface area contributed by atoms with Gasteiger partial charge in [0, 0.05) is 49.4 Å². The van der Waals surface area contributed by atoms with Gasteiger partial charge in [0.2, 0.25) is 0 Å². The summed E-state index contributed by atoms with van der Waals surface area (Å²) in [6.07, 6.45) is 0. The molecule has 1 fully saturated rings. The Labute approximate surface area is 231 Å². The molecule has 0 bridgehead atoms. The van der Waals surface area contributed by atoms with Crippen LogP contribution >= 0.6 is 11.6 Å². The van der Waals surface area contributed by atoms with Crippen molar-refractivity contribution in [1.29, 1.82) is 0 Å². The number of rotatable bonds is 8. The van der Waals surface area contributed by atoms with Crippen LogP contribution in [0.5, 0.6) is 23.0 Å². The summed E-state index contributed by atoms with van der Waals surface area (Å²) in [5.74, 6) is 1.31. The van der Waals surface area contributed by atoms with E-state index in [0.717, 1.165) is 19.6 Å². The molecule has 0 spiro atoms. The van der Waals surface area contributed by atoms with Crippen LogP contribution in [0.15, 0.2) is 97.1 Å². The Morgan fingerprint density at radius 1 is 0.769 bits per heavy atom. The minimum atomic E-state index is -0.515. The van der Waals surface area contributed by atoms with Crippen LogP contribution in [-0.2, 0) is 6.54 Å². The third kappa shape index (κ3) is 6.93. The van der Waals surface area contributed by atoms with Gasteiger partial charge < -0.3 is 14.4 Å². The molecule has 8 nitrogen and oxygen atoms in total. The number of ether oxygens (including phenoxy) is 2. The Morgan fingerprint density at radius 2 is 1.44 bits per heavy atom. The monoisotopic (exact) mass is 543 g/mol. The van der Waals surface area contributed by atoms with Crippen LogP contribution in [0.1, 0.15) is 15.9 Å². The minimum Gasteiger partial charge on any atom is -0.457 e. The standard InChI is InChI=1S/C30H26ClN3O5/c31-24-7-4-8-27(17-24)39-29-19-25(34(36)37)18-28(20-29)38-26-11-9-23(10-12-26)30(35)33-15-13-32(14-16-33)21-22-5-2-1-3-6-22/h1-12,17-20H,13-16,21H2. The number of carbonyl (C=O) groups excluding carboxylic acids is 1. The highest BCUT2D eigenvalue weighted by Crippen LogP contribution is 2.34. The molecular formula is C30H26ClN3O5. The van der Waals surface area contributed by atoms with E-state index in [1.165, 1.54) is 17.7 Å². The summed E-state index contributed by atoms with van der Waals surface area (Å²) in [5, 5.41) is 12.0. The topological polar surface area (TPSA) is 85.1 Å². The zero-order valence-corrected chi connectivity index (χ0v) is 21.8. The van der Waals surface area contributed by atoms with Gasteiger partial charge in [-0.2, -0.15) is 0 Å². The molecule has 1 heterocycles. The molecule has 4 aromatic carbocycles. The maximum absolute atomic E-state index is 13.1. The first kappa shape index (κ1) is 26.2. The van der Waals surface area contributed by atoms with E-state index in [-0.39, 0.29) is 23.1 Å². The summed E-state index contributed by atoms with van der Waals surface area (Å²) >= 11 is 6.01. The second-order valence-electron chi connectivity index (χ2n) is 9.16. The van der Waals surface area contributed by atoms with Crippen LogP contribution in [0.2, 0.25) is 5.02 Å². The molecule has 0 aliphatic carbocycles. The average Bonchev–Trinajstić information content (AvgIpc) is 2.94. The molecule has 0 N–H and O–H groups in total. The number of carbonyl (C=O) groups is 1. The maximum Gasteiger partial charge on any atom is 0.276 e. The van der Waals surface area contributed by atoms with Gasteiger partial charge >= 0.3 is 0 Å². The highest BCUT2D eigenvalue weighted by molar-refractivity contribution is 6.30. The molecule has 0 radical (unpaired) electrons. The Morgan fingerprint density at radius 3 is 2.08 bits per heavy atom. The fourth-order valence-corrected chi connectivity index (χ4v) is 4.56. The number of halogens is 1. The molecule has 0 unspecified atom stereocenters. The van der Waals surface area contributed by atoms with Crippen molar-refractivity contribution in [2.24, 2.45) is 0 Å². The number of piperazine rings is 1. The molecule has 1 aliphatic heterocycles. The van der Waals surface area contributed by atoms with Crippen molar-refractivity contribution in [2.45, 2.75) is 6.54 Å². The first-order valence-corrected chi connectivity index (χ1v) is 12.9. The maximum atomic E-state index is 13.1. The number of nitro benzene ring substituents is 1. The fraction of sp³-hybridized carbons (Fsp3) is 0.167. The van der Waals surface area contributed by atoms with Gasteiger partial charge in [0.1, 0.15) is 23.0 Å². The van der Waals surface area contributed by atoms with Gasteiger partial charge in [-0.15, -0.1) is 0 Å². The Bertz CT molecular complexity index is 1460. The SMILES string of the molecule is O=C(c1ccc(Oc2cc(Oc3cccc(Cl)c3)cc([N+](=O)[O-])c2)cc1)N1CCN(Cc2ccccc2)CC1. The molecular weight excluding hydrogens is 518 g/mol. The highest BCUT2D eigenvalue weighted by Gasteiger charge is 2.22. The number of hydrogen-bond acceptors (Lipinski definition) is 6. The number of non-ortho nitro benzene ring substituents is 1. The second-order valence-corrected chi connectivity index (χ2v) is 9.60. The van der Waals surface area contributed by atoms with Crippen molar-refractivity contribution in [3.05, 3.63) is 123 Å². The van der Waals surface area contributed by atoms with Crippen molar-refractivity contribution < 1.29 is 19.2 Å². The first-order chi connectivity index (χ1) is 18.9. The van der Waals surface area contributed by atoms with Crippen LogP contribution in [0.3, 0.4) is 0 Å². The lowest BCUT2D eigenvalue weighted by molar-refractivity contribution is -0.385. The van der Waals surface area contributed by atoms with E-state index in [2.05, 4.69) is 17.0 Å². The number of nitro groups is 1. The van der Waals surface area contributed by atoms with Crippen molar-refractivity contribution in [3.8, 4) is 23.0 Å². The summed E-state index contributed by atoms with van der Waals surface area (Å²) < 4.78 is 11.6. The minimum absolute atomic E-state index is 0.0338. The molecule has 5 rings (SSSR count). The number of benzene rings is 4. The molecule has 39 heavy (non-hydrogen) atoms. The third-order valence-corrected chi connectivity index (χ3v) is 6.59. The zero-order chi connectivity index (χ0) is 27.2. The average molecular weight is 544 g/mol. The van der Waals surface area contributed by atoms with Gasteiger partial charge in [-0.3, -0.25) is 19.8 Å². The largest absolute Gasteiger partial charge is 0.457 e.